The fourth-order valence-electron chi connectivity index (χ4n) is 2.74. The highest BCUT2D eigenvalue weighted by atomic mass is 16.5. The molecule has 0 aliphatic carbocycles. The van der Waals surface area contributed by atoms with Crippen LogP contribution in [0.15, 0.2) is 48.7 Å². The third-order valence-corrected chi connectivity index (χ3v) is 4.05. The fourth-order valence-corrected chi connectivity index (χ4v) is 2.74. The number of rotatable bonds is 4. The van der Waals surface area contributed by atoms with Gasteiger partial charge in [0.1, 0.15) is 0 Å². The van der Waals surface area contributed by atoms with Gasteiger partial charge in [-0.3, -0.25) is 4.79 Å². The van der Waals surface area contributed by atoms with E-state index in [4.69, 9.17) is 5.11 Å². The van der Waals surface area contributed by atoms with Crippen molar-refractivity contribution in [1.82, 2.24) is 4.57 Å². The summed E-state index contributed by atoms with van der Waals surface area (Å²) in [6.07, 6.45) is 1.67. The van der Waals surface area contributed by atoms with Crippen LogP contribution in [0.3, 0.4) is 0 Å². The molecule has 1 N–H and O–H groups in total. The van der Waals surface area contributed by atoms with E-state index in [1.807, 2.05) is 0 Å². The number of ether oxygens (including phenoxy) is 1. The molecule has 25 heavy (non-hydrogen) atoms. The van der Waals surface area contributed by atoms with Gasteiger partial charge in [-0.05, 0) is 30.3 Å². The zero-order valence-corrected chi connectivity index (χ0v) is 13.6. The van der Waals surface area contributed by atoms with Gasteiger partial charge in [-0.1, -0.05) is 12.1 Å². The smallest absolute Gasteiger partial charge is 0.337 e. The first kappa shape index (κ1) is 16.4. The van der Waals surface area contributed by atoms with Crippen LogP contribution >= 0.6 is 0 Å². The maximum atomic E-state index is 12.8. The molecule has 0 bridgehead atoms. The molecule has 6 nitrogen and oxygen atoms in total. The molecule has 0 unspecified atom stereocenters. The van der Waals surface area contributed by atoms with E-state index in [-0.39, 0.29) is 11.3 Å². The molecule has 3 rings (SSSR count). The summed E-state index contributed by atoms with van der Waals surface area (Å²) in [4.78, 5) is 35.5. The molecule has 0 saturated carbocycles. The molecule has 1 aromatic heterocycles. The zero-order chi connectivity index (χ0) is 18.1. The highest BCUT2D eigenvalue weighted by Gasteiger charge is 2.18. The number of aryl methyl sites for hydroxylation is 1. The van der Waals surface area contributed by atoms with Crippen LogP contribution in [-0.4, -0.2) is 34.5 Å². The van der Waals surface area contributed by atoms with E-state index in [9.17, 15) is 14.4 Å². The van der Waals surface area contributed by atoms with Gasteiger partial charge in [0.2, 0.25) is 0 Å². The van der Waals surface area contributed by atoms with Crippen LogP contribution in [0.4, 0.5) is 0 Å². The van der Waals surface area contributed by atoms with Crippen molar-refractivity contribution in [2.24, 2.45) is 7.05 Å². The molecule has 0 atom stereocenters. The molecule has 0 fully saturated rings. The van der Waals surface area contributed by atoms with Gasteiger partial charge in [0, 0.05) is 35.3 Å². The van der Waals surface area contributed by atoms with Crippen molar-refractivity contribution >= 4 is 28.6 Å². The van der Waals surface area contributed by atoms with E-state index in [2.05, 4.69) is 4.74 Å². The fraction of sp³-hybridized carbons (Fsp3) is 0.105. The Balaban J connectivity index is 2.06. The predicted molar refractivity (Wildman–Crippen MR) is 91.1 cm³/mol. The van der Waals surface area contributed by atoms with Crippen molar-refractivity contribution in [2.45, 2.75) is 0 Å². The standard InChI is InChI=1S/C19H15NO5/c1-20-10-15(14-9-13(18(22)23)7-8-16(14)20)17(21)11-3-5-12(6-4-11)19(24)25-2/h3-10H,1-2H3,(H,22,23). The average Bonchev–Trinajstić information content (AvgIpc) is 2.96. The van der Waals surface area contributed by atoms with Crippen LogP contribution in [0.1, 0.15) is 36.6 Å². The minimum atomic E-state index is -1.05. The number of aromatic carboxylic acids is 1. The molecule has 0 aliphatic heterocycles. The molecule has 3 aromatic rings. The number of carboxylic acids is 1. The summed E-state index contributed by atoms with van der Waals surface area (Å²) in [6, 6.07) is 10.8. The first-order chi connectivity index (χ1) is 11.9. The molecule has 0 saturated heterocycles. The number of methoxy groups -OCH3 is 1. The Labute approximate surface area is 143 Å². The van der Waals surface area contributed by atoms with Crippen molar-refractivity contribution < 1.29 is 24.2 Å². The van der Waals surface area contributed by atoms with Gasteiger partial charge in [-0.25, -0.2) is 9.59 Å². The summed E-state index contributed by atoms with van der Waals surface area (Å²) in [5, 5.41) is 9.74. The Morgan fingerprint density at radius 1 is 0.960 bits per heavy atom. The molecule has 0 radical (unpaired) electrons. The third kappa shape index (κ3) is 2.89. The van der Waals surface area contributed by atoms with E-state index in [1.165, 1.54) is 31.4 Å². The molecule has 2 aromatic carbocycles. The number of aromatic nitrogens is 1. The number of carbonyl (C=O) groups is 3. The average molecular weight is 337 g/mol. The molecular formula is C19H15NO5. The van der Waals surface area contributed by atoms with Gasteiger partial charge in [0.15, 0.2) is 5.78 Å². The Bertz CT molecular complexity index is 999. The van der Waals surface area contributed by atoms with Crippen molar-refractivity contribution in [2.75, 3.05) is 7.11 Å². The van der Waals surface area contributed by atoms with E-state index in [0.29, 0.717) is 22.1 Å². The number of nitrogens with zero attached hydrogens (tertiary/aromatic N) is 1. The minimum absolute atomic E-state index is 0.119. The van der Waals surface area contributed by atoms with Gasteiger partial charge in [0.05, 0.1) is 18.2 Å². The minimum Gasteiger partial charge on any atom is -0.478 e. The van der Waals surface area contributed by atoms with Crippen LogP contribution < -0.4 is 0 Å². The molecule has 0 spiro atoms. The highest BCUT2D eigenvalue weighted by molar-refractivity contribution is 6.17. The van der Waals surface area contributed by atoms with Gasteiger partial charge in [0.25, 0.3) is 0 Å². The number of fused-ring (bicyclic) bond motifs is 1. The predicted octanol–water partition coefficient (Wildman–Crippen LogP) is 2.89. The Hall–Kier alpha value is -3.41. The number of carboxylic acid groups (broad SMARTS) is 1. The number of hydrogen-bond donors (Lipinski definition) is 1. The van der Waals surface area contributed by atoms with Crippen molar-refractivity contribution in [3.8, 4) is 0 Å². The van der Waals surface area contributed by atoms with Gasteiger partial charge >= 0.3 is 11.9 Å². The van der Waals surface area contributed by atoms with E-state index in [1.54, 1.807) is 36.0 Å². The second-order valence-corrected chi connectivity index (χ2v) is 5.59. The normalized spacial score (nSPS) is 10.6. The van der Waals surface area contributed by atoms with Gasteiger partial charge in [-0.15, -0.1) is 0 Å². The second kappa shape index (κ2) is 6.24. The summed E-state index contributed by atoms with van der Waals surface area (Å²) < 4.78 is 6.41. The maximum Gasteiger partial charge on any atom is 0.337 e. The number of carbonyl (C=O) groups excluding carboxylic acids is 2. The van der Waals surface area contributed by atoms with Crippen molar-refractivity contribution in [1.29, 1.82) is 0 Å². The molecule has 6 heteroatoms. The SMILES string of the molecule is COC(=O)c1ccc(C(=O)c2cn(C)c3ccc(C(=O)O)cc23)cc1. The number of benzene rings is 2. The summed E-state index contributed by atoms with van der Waals surface area (Å²) in [7, 11) is 3.08. The zero-order valence-electron chi connectivity index (χ0n) is 13.6. The highest BCUT2D eigenvalue weighted by Crippen LogP contribution is 2.25. The van der Waals surface area contributed by atoms with E-state index in [0.717, 1.165) is 5.52 Å². The number of hydrogen-bond acceptors (Lipinski definition) is 4. The molecule has 0 amide bonds. The first-order valence-corrected chi connectivity index (χ1v) is 7.48. The lowest BCUT2D eigenvalue weighted by Crippen LogP contribution is -2.04. The maximum absolute atomic E-state index is 12.8. The first-order valence-electron chi connectivity index (χ1n) is 7.48. The lowest BCUT2D eigenvalue weighted by atomic mass is 10.0. The van der Waals surface area contributed by atoms with Crippen LogP contribution in [0.2, 0.25) is 0 Å². The molecular weight excluding hydrogens is 322 g/mol. The molecule has 126 valence electrons. The van der Waals surface area contributed by atoms with Crippen LogP contribution in [0.5, 0.6) is 0 Å². The lowest BCUT2D eigenvalue weighted by molar-refractivity contribution is 0.0599. The van der Waals surface area contributed by atoms with Gasteiger partial charge in [-0.2, -0.15) is 0 Å². The summed E-state index contributed by atoms with van der Waals surface area (Å²) in [6.45, 7) is 0. The molecule has 0 aliphatic rings. The topological polar surface area (TPSA) is 85.6 Å². The van der Waals surface area contributed by atoms with E-state index >= 15 is 0 Å². The quantitative estimate of drug-likeness (QED) is 0.584. The van der Waals surface area contributed by atoms with Gasteiger partial charge < -0.3 is 14.4 Å². The van der Waals surface area contributed by atoms with E-state index < -0.39 is 11.9 Å². The monoisotopic (exact) mass is 337 g/mol. The third-order valence-electron chi connectivity index (χ3n) is 4.05. The second-order valence-electron chi connectivity index (χ2n) is 5.59. The Morgan fingerprint density at radius 3 is 2.16 bits per heavy atom. The molecule has 1 heterocycles. The van der Waals surface area contributed by atoms with Crippen LogP contribution in [0, 0.1) is 0 Å². The lowest BCUT2D eigenvalue weighted by Gasteiger charge is -2.03. The van der Waals surface area contributed by atoms with Crippen LogP contribution in [-0.2, 0) is 11.8 Å². The summed E-state index contributed by atoms with van der Waals surface area (Å²) in [5.74, 6) is -1.77. The summed E-state index contributed by atoms with van der Waals surface area (Å²) >= 11 is 0. The number of ketones is 1. The Morgan fingerprint density at radius 2 is 1.56 bits per heavy atom. The summed E-state index contributed by atoms with van der Waals surface area (Å²) in [5.41, 5.74) is 2.05. The Kier molecular flexibility index (Phi) is 4.10. The van der Waals surface area contributed by atoms with Crippen molar-refractivity contribution in [3.63, 3.8) is 0 Å². The van der Waals surface area contributed by atoms with Crippen molar-refractivity contribution in [3.05, 3.63) is 70.9 Å². The number of esters is 1. The van der Waals surface area contributed by atoms with Crippen LogP contribution in [0.25, 0.3) is 10.9 Å². The largest absolute Gasteiger partial charge is 0.478 e.